The highest BCUT2D eigenvalue weighted by Crippen LogP contribution is 2.26. The molecular weight excluding hydrogens is 342 g/mol. The molecule has 2 N–H and O–H groups in total. The highest BCUT2D eigenvalue weighted by molar-refractivity contribution is 5.86. The summed E-state index contributed by atoms with van der Waals surface area (Å²) in [6, 6.07) is 15.5. The minimum atomic E-state index is -0.258. The van der Waals surface area contributed by atoms with Crippen LogP contribution in [0.25, 0.3) is 0 Å². The van der Waals surface area contributed by atoms with Crippen LogP contribution in [-0.2, 0) is 22.4 Å². The Morgan fingerprint density at radius 2 is 1.78 bits per heavy atom. The number of benzene rings is 2. The molecule has 1 aliphatic rings. The molecule has 0 unspecified atom stereocenters. The monoisotopic (exact) mass is 367 g/mol. The van der Waals surface area contributed by atoms with E-state index in [0.717, 1.165) is 36.4 Å². The zero-order chi connectivity index (χ0) is 19.1. The second-order valence-corrected chi connectivity index (χ2v) is 6.50. The van der Waals surface area contributed by atoms with Crippen LogP contribution in [-0.4, -0.2) is 31.5 Å². The number of ether oxygens (including phenoxy) is 1. The number of nitrogens with one attached hydrogen (secondary N) is 2. The third-order valence-electron chi connectivity index (χ3n) is 4.48. The largest absolute Gasteiger partial charge is 0.494 e. The van der Waals surface area contributed by atoms with Gasteiger partial charge < -0.3 is 9.64 Å². The Labute approximate surface area is 159 Å². The summed E-state index contributed by atoms with van der Waals surface area (Å²) >= 11 is 0. The second-order valence-electron chi connectivity index (χ2n) is 6.50. The van der Waals surface area contributed by atoms with Gasteiger partial charge >= 0.3 is 0 Å². The van der Waals surface area contributed by atoms with Crippen molar-refractivity contribution in [1.29, 1.82) is 0 Å². The number of hydrazine groups is 1. The van der Waals surface area contributed by atoms with Gasteiger partial charge in [0.25, 0.3) is 5.91 Å². The van der Waals surface area contributed by atoms with E-state index in [0.29, 0.717) is 6.61 Å². The number of amides is 2. The van der Waals surface area contributed by atoms with E-state index in [1.165, 1.54) is 5.56 Å². The predicted octanol–water partition coefficient (Wildman–Crippen LogP) is 2.23. The van der Waals surface area contributed by atoms with Crippen molar-refractivity contribution in [3.63, 3.8) is 0 Å². The number of anilines is 1. The van der Waals surface area contributed by atoms with Crippen molar-refractivity contribution in [2.45, 2.75) is 26.2 Å². The van der Waals surface area contributed by atoms with Gasteiger partial charge in [0.15, 0.2) is 0 Å². The lowest BCUT2D eigenvalue weighted by atomic mass is 10.0. The smallest absolute Gasteiger partial charge is 0.257 e. The average molecular weight is 367 g/mol. The van der Waals surface area contributed by atoms with Crippen molar-refractivity contribution in [2.75, 3.05) is 24.6 Å². The Morgan fingerprint density at radius 1 is 1.04 bits per heavy atom. The minimum absolute atomic E-state index is 0.194. The normalized spacial score (nSPS) is 12.9. The van der Waals surface area contributed by atoms with Gasteiger partial charge in [-0.15, -0.1) is 0 Å². The van der Waals surface area contributed by atoms with Crippen LogP contribution in [0.5, 0.6) is 5.75 Å². The molecule has 6 heteroatoms. The van der Waals surface area contributed by atoms with Crippen LogP contribution in [0.2, 0.25) is 0 Å². The number of rotatable bonds is 6. The lowest BCUT2D eigenvalue weighted by molar-refractivity contribution is -0.127. The fourth-order valence-electron chi connectivity index (χ4n) is 3.23. The quantitative estimate of drug-likeness (QED) is 0.768. The second kappa shape index (κ2) is 9.07. The van der Waals surface area contributed by atoms with Crippen LogP contribution in [0.15, 0.2) is 48.5 Å². The first-order valence-corrected chi connectivity index (χ1v) is 9.28. The molecule has 0 spiro atoms. The lowest BCUT2D eigenvalue weighted by Gasteiger charge is -2.30. The Hall–Kier alpha value is -3.02. The maximum atomic E-state index is 12.2. The molecule has 1 heterocycles. The third-order valence-corrected chi connectivity index (χ3v) is 4.48. The molecule has 27 heavy (non-hydrogen) atoms. The number of nitrogens with zero attached hydrogens (tertiary/aromatic N) is 1. The summed E-state index contributed by atoms with van der Waals surface area (Å²) in [5.74, 6) is 0.287. The molecule has 6 nitrogen and oxygen atoms in total. The van der Waals surface area contributed by atoms with E-state index in [1.54, 1.807) is 0 Å². The first-order chi connectivity index (χ1) is 13.2. The summed E-state index contributed by atoms with van der Waals surface area (Å²) in [6.45, 7) is 3.59. The molecule has 0 aliphatic carbocycles. The highest BCUT2D eigenvalue weighted by Gasteiger charge is 2.18. The van der Waals surface area contributed by atoms with Crippen LogP contribution >= 0.6 is 0 Å². The number of fused-ring (bicyclic) bond motifs is 1. The van der Waals surface area contributed by atoms with Gasteiger partial charge in [-0.1, -0.05) is 30.3 Å². The number of carbonyl (C=O) groups is 2. The minimum Gasteiger partial charge on any atom is -0.494 e. The Bertz CT molecular complexity index is 790. The molecular formula is C21H25N3O3. The van der Waals surface area contributed by atoms with Crippen molar-refractivity contribution in [3.8, 4) is 5.75 Å². The molecule has 2 amide bonds. The van der Waals surface area contributed by atoms with Crippen molar-refractivity contribution < 1.29 is 14.3 Å². The van der Waals surface area contributed by atoms with Gasteiger partial charge in [0, 0.05) is 12.2 Å². The molecule has 0 bridgehead atoms. The summed E-state index contributed by atoms with van der Waals surface area (Å²) in [4.78, 5) is 26.3. The maximum absolute atomic E-state index is 12.2. The molecule has 0 radical (unpaired) electrons. The van der Waals surface area contributed by atoms with Crippen LogP contribution in [0, 0.1) is 0 Å². The van der Waals surface area contributed by atoms with E-state index in [-0.39, 0.29) is 24.8 Å². The van der Waals surface area contributed by atoms with Crippen LogP contribution in [0.1, 0.15) is 24.5 Å². The van der Waals surface area contributed by atoms with Gasteiger partial charge in [-0.25, -0.2) is 0 Å². The van der Waals surface area contributed by atoms with E-state index < -0.39 is 0 Å². The zero-order valence-corrected chi connectivity index (χ0v) is 15.5. The molecule has 2 aromatic carbocycles. The molecule has 0 fully saturated rings. The molecule has 0 atom stereocenters. The van der Waals surface area contributed by atoms with Gasteiger partial charge in [-0.3, -0.25) is 20.4 Å². The van der Waals surface area contributed by atoms with E-state index >= 15 is 0 Å². The van der Waals surface area contributed by atoms with Gasteiger partial charge in [-0.05, 0) is 49.1 Å². The fraction of sp³-hybridized carbons (Fsp3) is 0.333. The van der Waals surface area contributed by atoms with Crippen LogP contribution in [0.4, 0.5) is 5.69 Å². The summed E-state index contributed by atoms with van der Waals surface area (Å²) < 4.78 is 5.38. The molecule has 0 saturated carbocycles. The topological polar surface area (TPSA) is 70.7 Å². The molecule has 0 aromatic heterocycles. The van der Waals surface area contributed by atoms with Gasteiger partial charge in [0.2, 0.25) is 5.91 Å². The molecule has 1 aliphatic heterocycles. The average Bonchev–Trinajstić information content (AvgIpc) is 2.68. The molecule has 3 rings (SSSR count). The first-order valence-electron chi connectivity index (χ1n) is 9.28. The predicted molar refractivity (Wildman–Crippen MR) is 105 cm³/mol. The first kappa shape index (κ1) is 18.8. The van der Waals surface area contributed by atoms with E-state index in [1.807, 2.05) is 54.3 Å². The van der Waals surface area contributed by atoms with Crippen molar-refractivity contribution in [3.05, 3.63) is 59.7 Å². The Kier molecular flexibility index (Phi) is 6.30. The van der Waals surface area contributed by atoms with E-state index in [9.17, 15) is 9.59 Å². The lowest BCUT2D eigenvalue weighted by Crippen LogP contribution is -2.47. The SMILES string of the molecule is CCOc1ccc(CC(=O)NNC(=O)CN2CCCc3ccccc32)cc1. The Morgan fingerprint density at radius 3 is 2.56 bits per heavy atom. The highest BCUT2D eigenvalue weighted by atomic mass is 16.5. The van der Waals surface area contributed by atoms with Gasteiger partial charge in [-0.2, -0.15) is 0 Å². The number of carbonyl (C=O) groups excluding carboxylic acids is 2. The maximum Gasteiger partial charge on any atom is 0.257 e. The van der Waals surface area contributed by atoms with E-state index in [4.69, 9.17) is 4.74 Å². The number of hydrogen-bond donors (Lipinski definition) is 2. The van der Waals surface area contributed by atoms with E-state index in [2.05, 4.69) is 16.9 Å². The summed E-state index contributed by atoms with van der Waals surface area (Å²) in [5.41, 5.74) is 8.21. The summed E-state index contributed by atoms with van der Waals surface area (Å²) in [5, 5.41) is 0. The van der Waals surface area contributed by atoms with Crippen LogP contribution < -0.4 is 20.5 Å². The number of aryl methyl sites for hydroxylation is 1. The van der Waals surface area contributed by atoms with Crippen molar-refractivity contribution in [1.82, 2.24) is 10.9 Å². The standard InChI is InChI=1S/C21H25N3O3/c1-2-27-18-11-9-16(10-12-18)14-20(25)22-23-21(26)15-24-13-5-7-17-6-3-4-8-19(17)24/h3-4,6,8-12H,2,5,7,13-15H2,1H3,(H,22,25)(H,23,26). The molecule has 2 aromatic rings. The van der Waals surface area contributed by atoms with Gasteiger partial charge in [0.05, 0.1) is 19.6 Å². The number of hydrogen-bond acceptors (Lipinski definition) is 4. The third kappa shape index (κ3) is 5.23. The zero-order valence-electron chi connectivity index (χ0n) is 15.5. The van der Waals surface area contributed by atoms with Crippen molar-refractivity contribution in [2.24, 2.45) is 0 Å². The summed E-state index contributed by atoms with van der Waals surface area (Å²) in [7, 11) is 0. The van der Waals surface area contributed by atoms with Crippen LogP contribution in [0.3, 0.4) is 0 Å². The number of para-hydroxylation sites is 1. The van der Waals surface area contributed by atoms with Crippen molar-refractivity contribution >= 4 is 17.5 Å². The Balaban J connectivity index is 1.46. The molecule has 0 saturated heterocycles. The molecule has 142 valence electrons. The summed E-state index contributed by atoms with van der Waals surface area (Å²) in [6.07, 6.45) is 2.25. The van der Waals surface area contributed by atoms with Gasteiger partial charge in [0.1, 0.15) is 5.75 Å². The fourth-order valence-corrected chi connectivity index (χ4v) is 3.23.